The van der Waals surface area contributed by atoms with Crippen LogP contribution in [0.5, 0.6) is 0 Å². The monoisotopic (exact) mass is 230 g/mol. The van der Waals surface area contributed by atoms with Gasteiger partial charge in [0.15, 0.2) is 0 Å². The van der Waals surface area contributed by atoms with Gasteiger partial charge in [0.2, 0.25) is 11.3 Å². The van der Waals surface area contributed by atoms with Crippen molar-refractivity contribution in [3.8, 4) is 0 Å². The molecule has 1 N–H and O–H groups in total. The fraction of sp³-hybridized carbons (Fsp3) is 0.0833. The number of amides is 1. The summed E-state index contributed by atoms with van der Waals surface area (Å²) in [6.45, 7) is 1.33. The van der Waals surface area contributed by atoms with Crippen molar-refractivity contribution in [3.05, 3.63) is 46.3 Å². The number of benzene rings is 1. The lowest BCUT2D eigenvalue weighted by Gasteiger charge is -1.97. The van der Waals surface area contributed by atoms with Crippen LogP contribution in [0.2, 0.25) is 0 Å². The summed E-state index contributed by atoms with van der Waals surface area (Å²) in [5, 5.41) is 4.11. The molecule has 0 saturated carbocycles. The molecule has 0 saturated heterocycles. The van der Waals surface area contributed by atoms with Crippen molar-refractivity contribution in [3.63, 3.8) is 0 Å². The summed E-state index contributed by atoms with van der Waals surface area (Å²) in [6.07, 6.45) is 2.58. The summed E-state index contributed by atoms with van der Waals surface area (Å²) in [4.78, 5) is 22.5. The lowest BCUT2D eigenvalue weighted by atomic mass is 10.2. The molecule has 0 unspecified atom stereocenters. The molecule has 1 amide bonds. The minimum absolute atomic E-state index is 0.180. The van der Waals surface area contributed by atoms with E-state index in [1.807, 2.05) is 0 Å². The van der Waals surface area contributed by atoms with Crippen molar-refractivity contribution < 1.29 is 9.21 Å². The van der Waals surface area contributed by atoms with Crippen LogP contribution in [0.15, 0.2) is 44.8 Å². The van der Waals surface area contributed by atoms with Gasteiger partial charge in [-0.3, -0.25) is 9.59 Å². The molecule has 86 valence electrons. The molecule has 0 aliphatic heterocycles. The molecule has 17 heavy (non-hydrogen) atoms. The second kappa shape index (κ2) is 4.61. The molecule has 0 fully saturated rings. The Bertz CT molecular complexity index is 643. The van der Waals surface area contributed by atoms with E-state index < -0.39 is 0 Å². The molecule has 5 heteroatoms. The largest absolute Gasteiger partial charge is 0.463 e. The van der Waals surface area contributed by atoms with Crippen LogP contribution in [0.3, 0.4) is 0 Å². The number of carbonyl (C=O) groups is 1. The van der Waals surface area contributed by atoms with Gasteiger partial charge in [-0.05, 0) is 12.1 Å². The second-order valence-corrected chi connectivity index (χ2v) is 3.44. The van der Waals surface area contributed by atoms with Crippen LogP contribution in [0.4, 0.5) is 0 Å². The van der Waals surface area contributed by atoms with E-state index >= 15 is 0 Å². The predicted octanol–water partition coefficient (Wildman–Crippen LogP) is 1.26. The second-order valence-electron chi connectivity index (χ2n) is 3.44. The van der Waals surface area contributed by atoms with E-state index in [9.17, 15) is 9.59 Å². The number of hydrogen-bond donors (Lipinski definition) is 1. The van der Waals surface area contributed by atoms with Crippen molar-refractivity contribution in [1.82, 2.24) is 5.43 Å². The SMILES string of the molecule is CC(=O)N/N=C/c1coc2ccccc2c1=O. The van der Waals surface area contributed by atoms with Gasteiger partial charge in [0.25, 0.3) is 0 Å². The van der Waals surface area contributed by atoms with E-state index in [4.69, 9.17) is 4.42 Å². The first-order valence-electron chi connectivity index (χ1n) is 4.98. The highest BCUT2D eigenvalue weighted by Gasteiger charge is 2.03. The number of para-hydroxylation sites is 1. The third-order valence-electron chi connectivity index (χ3n) is 2.13. The van der Waals surface area contributed by atoms with Gasteiger partial charge in [-0.15, -0.1) is 0 Å². The summed E-state index contributed by atoms with van der Waals surface area (Å²) in [7, 11) is 0. The highest BCUT2D eigenvalue weighted by Crippen LogP contribution is 2.09. The van der Waals surface area contributed by atoms with Gasteiger partial charge in [0, 0.05) is 6.92 Å². The number of nitrogens with one attached hydrogen (secondary N) is 1. The Morgan fingerprint density at radius 3 is 2.94 bits per heavy atom. The van der Waals surface area contributed by atoms with Crippen LogP contribution in [-0.2, 0) is 4.79 Å². The Morgan fingerprint density at radius 2 is 2.18 bits per heavy atom. The Hall–Kier alpha value is -2.43. The highest BCUT2D eigenvalue weighted by molar-refractivity contribution is 5.86. The number of carbonyl (C=O) groups excluding carboxylic acids is 1. The fourth-order valence-corrected chi connectivity index (χ4v) is 1.37. The lowest BCUT2D eigenvalue weighted by Crippen LogP contribution is -2.14. The number of nitrogens with zero attached hydrogens (tertiary/aromatic N) is 1. The minimum Gasteiger partial charge on any atom is -0.463 e. The van der Waals surface area contributed by atoms with Crippen LogP contribution >= 0.6 is 0 Å². The Kier molecular flexibility index (Phi) is 3.00. The molecular weight excluding hydrogens is 220 g/mol. The van der Waals surface area contributed by atoms with E-state index in [1.165, 1.54) is 19.4 Å². The van der Waals surface area contributed by atoms with Crippen LogP contribution in [0.25, 0.3) is 11.0 Å². The first-order valence-corrected chi connectivity index (χ1v) is 4.98. The predicted molar refractivity (Wildman–Crippen MR) is 63.9 cm³/mol. The number of hydrazone groups is 1. The third-order valence-corrected chi connectivity index (χ3v) is 2.13. The zero-order valence-corrected chi connectivity index (χ0v) is 9.14. The molecule has 5 nitrogen and oxygen atoms in total. The van der Waals surface area contributed by atoms with E-state index in [-0.39, 0.29) is 16.9 Å². The summed E-state index contributed by atoms with van der Waals surface area (Å²) in [6, 6.07) is 6.94. The zero-order chi connectivity index (χ0) is 12.3. The fourth-order valence-electron chi connectivity index (χ4n) is 1.37. The van der Waals surface area contributed by atoms with E-state index in [1.54, 1.807) is 24.3 Å². The number of hydrogen-bond acceptors (Lipinski definition) is 4. The molecule has 1 heterocycles. The number of fused-ring (bicyclic) bond motifs is 1. The topological polar surface area (TPSA) is 71.7 Å². The van der Waals surface area contributed by atoms with Crippen molar-refractivity contribution in [2.24, 2.45) is 5.10 Å². The molecule has 1 aromatic heterocycles. The van der Waals surface area contributed by atoms with Crippen LogP contribution in [0, 0.1) is 0 Å². The Morgan fingerprint density at radius 1 is 1.41 bits per heavy atom. The van der Waals surface area contributed by atoms with Crippen molar-refractivity contribution in [2.75, 3.05) is 0 Å². The van der Waals surface area contributed by atoms with E-state index in [0.717, 1.165) is 0 Å². The van der Waals surface area contributed by atoms with Crippen LogP contribution < -0.4 is 10.9 Å². The minimum atomic E-state index is -0.300. The zero-order valence-electron chi connectivity index (χ0n) is 9.14. The van der Waals surface area contributed by atoms with Gasteiger partial charge >= 0.3 is 0 Å². The maximum atomic E-state index is 11.9. The summed E-state index contributed by atoms with van der Waals surface area (Å²) < 4.78 is 5.28. The van der Waals surface area contributed by atoms with Crippen molar-refractivity contribution >= 4 is 23.1 Å². The lowest BCUT2D eigenvalue weighted by molar-refractivity contribution is -0.118. The van der Waals surface area contributed by atoms with Crippen molar-refractivity contribution in [2.45, 2.75) is 6.92 Å². The highest BCUT2D eigenvalue weighted by atomic mass is 16.3. The van der Waals surface area contributed by atoms with Gasteiger partial charge in [0.1, 0.15) is 11.8 Å². The van der Waals surface area contributed by atoms with E-state index in [2.05, 4.69) is 10.5 Å². The standard InChI is InChI=1S/C12H10N2O3/c1-8(15)14-13-6-9-7-17-11-5-3-2-4-10(11)12(9)16/h2-7H,1H3,(H,14,15)/b13-6+. The molecule has 2 rings (SSSR count). The number of rotatable bonds is 2. The average Bonchev–Trinajstić information content (AvgIpc) is 2.32. The van der Waals surface area contributed by atoms with Crippen LogP contribution in [-0.4, -0.2) is 12.1 Å². The van der Waals surface area contributed by atoms with Gasteiger partial charge in [-0.25, -0.2) is 5.43 Å². The van der Waals surface area contributed by atoms with Gasteiger partial charge in [0.05, 0.1) is 17.2 Å². The maximum absolute atomic E-state index is 11.9. The molecule has 0 spiro atoms. The summed E-state index contributed by atoms with van der Waals surface area (Å²) in [5.74, 6) is -0.300. The first-order chi connectivity index (χ1) is 8.18. The normalized spacial score (nSPS) is 10.9. The molecule has 0 aliphatic carbocycles. The summed E-state index contributed by atoms with van der Waals surface area (Å²) in [5.41, 5.74) is 2.85. The third kappa shape index (κ3) is 2.39. The molecule has 0 bridgehead atoms. The van der Waals surface area contributed by atoms with E-state index in [0.29, 0.717) is 11.0 Å². The molecule has 0 aliphatic rings. The molecule has 0 atom stereocenters. The van der Waals surface area contributed by atoms with Gasteiger partial charge in [-0.1, -0.05) is 12.1 Å². The quantitative estimate of drug-likeness (QED) is 0.623. The molecule has 1 aromatic carbocycles. The average molecular weight is 230 g/mol. The first kappa shape index (κ1) is 11.1. The molecule has 2 aromatic rings. The molecular formula is C12H10N2O3. The van der Waals surface area contributed by atoms with Crippen LogP contribution in [0.1, 0.15) is 12.5 Å². The maximum Gasteiger partial charge on any atom is 0.236 e. The van der Waals surface area contributed by atoms with Gasteiger partial charge in [-0.2, -0.15) is 5.10 Å². The Labute approximate surface area is 96.8 Å². The smallest absolute Gasteiger partial charge is 0.236 e. The van der Waals surface area contributed by atoms with Gasteiger partial charge < -0.3 is 4.42 Å². The van der Waals surface area contributed by atoms with Crippen molar-refractivity contribution in [1.29, 1.82) is 0 Å². The molecule has 0 radical (unpaired) electrons. The Balaban J connectivity index is 2.43. The summed E-state index contributed by atoms with van der Waals surface area (Å²) >= 11 is 0.